The van der Waals surface area contributed by atoms with Crippen molar-refractivity contribution in [2.24, 2.45) is 17.8 Å². The van der Waals surface area contributed by atoms with Crippen molar-refractivity contribution >= 4 is 29.1 Å². The molecular weight excluding hydrogens is 385 g/mol. The Morgan fingerprint density at radius 3 is 2.77 bits per heavy atom. The summed E-state index contributed by atoms with van der Waals surface area (Å²) < 4.78 is 2.50. The van der Waals surface area contributed by atoms with E-state index in [1.165, 1.54) is 31.9 Å². The summed E-state index contributed by atoms with van der Waals surface area (Å²) in [6, 6.07) is 3.09. The molecule has 22 heavy (non-hydrogen) atoms. The molecule has 3 aliphatic rings. The first kappa shape index (κ1) is 15.9. The standard InChI is InChI=1S/C18H22IN3/c19-22-17-9-5-4-8-15(17)16(10-13(11-20)12-21)18(22)14-6-2-1-3-7-14/h2,5-6,9-11,14-18,20H,1,3-4,7-8H2/b13-10+,20-11?. The second kappa shape index (κ2) is 7.10. The second-order valence-corrected chi connectivity index (χ2v) is 7.59. The Bertz CT molecular complexity index is 557. The Balaban J connectivity index is 1.96. The van der Waals surface area contributed by atoms with Gasteiger partial charge in [0, 0.05) is 47.1 Å². The number of rotatable bonds is 3. The summed E-state index contributed by atoms with van der Waals surface area (Å²) in [7, 11) is 0. The van der Waals surface area contributed by atoms with Crippen LogP contribution in [0.15, 0.2) is 36.0 Å². The largest absolute Gasteiger partial charge is 0.307 e. The predicted molar refractivity (Wildman–Crippen MR) is 97.7 cm³/mol. The van der Waals surface area contributed by atoms with Gasteiger partial charge in [-0.15, -0.1) is 0 Å². The number of halogens is 1. The van der Waals surface area contributed by atoms with Crippen molar-refractivity contribution < 1.29 is 0 Å². The molecule has 0 spiro atoms. The highest BCUT2D eigenvalue weighted by molar-refractivity contribution is 14.1. The molecule has 3 nitrogen and oxygen atoms in total. The van der Waals surface area contributed by atoms with Crippen LogP contribution in [0.4, 0.5) is 0 Å². The number of allylic oxidation sites excluding steroid dienone is 3. The van der Waals surface area contributed by atoms with E-state index in [1.807, 2.05) is 0 Å². The first-order valence-corrected chi connectivity index (χ1v) is 9.12. The molecule has 0 bridgehead atoms. The van der Waals surface area contributed by atoms with Crippen LogP contribution >= 0.6 is 22.9 Å². The molecule has 0 aromatic carbocycles. The zero-order chi connectivity index (χ0) is 15.5. The summed E-state index contributed by atoms with van der Waals surface area (Å²) >= 11 is 2.50. The zero-order valence-electron chi connectivity index (χ0n) is 12.7. The summed E-state index contributed by atoms with van der Waals surface area (Å²) in [4.78, 5) is 0. The average Bonchev–Trinajstić information content (AvgIpc) is 2.86. The third-order valence-electron chi connectivity index (χ3n) is 5.28. The zero-order valence-corrected chi connectivity index (χ0v) is 14.8. The number of hydrogen-bond acceptors (Lipinski definition) is 3. The van der Waals surface area contributed by atoms with E-state index in [2.05, 4.69) is 62.4 Å². The fraction of sp³-hybridized carbons (Fsp3) is 0.556. The van der Waals surface area contributed by atoms with E-state index in [0.29, 0.717) is 35.4 Å². The monoisotopic (exact) mass is 407 g/mol. The molecule has 5 atom stereocenters. The van der Waals surface area contributed by atoms with Crippen molar-refractivity contribution in [3.8, 4) is 6.07 Å². The quantitative estimate of drug-likeness (QED) is 0.248. The molecular formula is C18H22IN3. The summed E-state index contributed by atoms with van der Waals surface area (Å²) in [5.74, 6) is 1.51. The Labute approximate surface area is 146 Å². The molecule has 3 rings (SSSR count). The lowest BCUT2D eigenvalue weighted by Crippen LogP contribution is -2.35. The minimum Gasteiger partial charge on any atom is -0.307 e. The molecule has 1 heterocycles. The predicted octanol–water partition coefficient (Wildman–Crippen LogP) is 4.43. The highest BCUT2D eigenvalue weighted by atomic mass is 127. The molecule has 1 N–H and O–H groups in total. The van der Waals surface area contributed by atoms with Crippen LogP contribution in [0, 0.1) is 34.5 Å². The molecule has 1 fully saturated rings. The molecule has 0 amide bonds. The Kier molecular flexibility index (Phi) is 5.14. The molecule has 2 aliphatic carbocycles. The summed E-state index contributed by atoms with van der Waals surface area (Å²) in [5, 5.41) is 16.7. The SMILES string of the molecule is N#C/C(C=N)=C/C1C2CCC=CC2N(I)C1C1C=CCCC1. The average molecular weight is 407 g/mol. The van der Waals surface area contributed by atoms with Gasteiger partial charge in [-0.2, -0.15) is 5.26 Å². The second-order valence-electron chi connectivity index (χ2n) is 6.47. The topological polar surface area (TPSA) is 50.9 Å². The maximum Gasteiger partial charge on any atom is 0.100 e. The minimum atomic E-state index is 0.371. The fourth-order valence-corrected chi connectivity index (χ4v) is 5.66. The van der Waals surface area contributed by atoms with Crippen molar-refractivity contribution in [2.45, 2.75) is 44.2 Å². The first-order chi connectivity index (χ1) is 10.8. The van der Waals surface area contributed by atoms with E-state index < -0.39 is 0 Å². The molecule has 1 aliphatic heterocycles. The Morgan fingerprint density at radius 1 is 1.27 bits per heavy atom. The van der Waals surface area contributed by atoms with Crippen LogP contribution in [0.25, 0.3) is 0 Å². The number of nitrogens with zero attached hydrogens (tertiary/aromatic N) is 2. The lowest BCUT2D eigenvalue weighted by molar-refractivity contribution is 0.296. The van der Waals surface area contributed by atoms with E-state index in [0.717, 1.165) is 6.42 Å². The van der Waals surface area contributed by atoms with E-state index >= 15 is 0 Å². The number of hydrogen-bond donors (Lipinski definition) is 1. The van der Waals surface area contributed by atoms with Gasteiger partial charge in [0.2, 0.25) is 0 Å². The number of nitrogens with one attached hydrogen (secondary N) is 1. The van der Waals surface area contributed by atoms with Gasteiger partial charge < -0.3 is 5.41 Å². The molecule has 5 unspecified atom stereocenters. The van der Waals surface area contributed by atoms with Crippen LogP contribution in [0.1, 0.15) is 32.1 Å². The summed E-state index contributed by atoms with van der Waals surface area (Å²) in [6.45, 7) is 0. The van der Waals surface area contributed by atoms with Gasteiger partial charge in [-0.25, -0.2) is 3.11 Å². The van der Waals surface area contributed by atoms with Gasteiger partial charge in [-0.3, -0.25) is 0 Å². The van der Waals surface area contributed by atoms with Gasteiger partial charge in [0.05, 0.1) is 5.57 Å². The highest BCUT2D eigenvalue weighted by Gasteiger charge is 2.48. The molecule has 0 aromatic heterocycles. The van der Waals surface area contributed by atoms with Crippen molar-refractivity contribution in [1.29, 1.82) is 10.7 Å². The van der Waals surface area contributed by atoms with Gasteiger partial charge >= 0.3 is 0 Å². The van der Waals surface area contributed by atoms with Crippen molar-refractivity contribution in [3.05, 3.63) is 36.0 Å². The summed E-state index contributed by atoms with van der Waals surface area (Å²) in [5.41, 5.74) is 0.509. The first-order valence-electron chi connectivity index (χ1n) is 8.16. The van der Waals surface area contributed by atoms with Gasteiger partial charge in [0.1, 0.15) is 6.07 Å². The lowest BCUT2D eigenvalue weighted by Gasteiger charge is -2.31. The molecule has 0 aromatic rings. The third-order valence-corrected chi connectivity index (χ3v) is 6.57. The smallest absolute Gasteiger partial charge is 0.100 e. The van der Waals surface area contributed by atoms with Gasteiger partial charge in [0.25, 0.3) is 0 Å². The van der Waals surface area contributed by atoms with Crippen molar-refractivity contribution in [2.75, 3.05) is 0 Å². The molecule has 1 saturated heterocycles. The van der Waals surface area contributed by atoms with E-state index in [9.17, 15) is 5.26 Å². The molecule has 0 saturated carbocycles. The van der Waals surface area contributed by atoms with Crippen LogP contribution < -0.4 is 0 Å². The fourth-order valence-electron chi connectivity index (χ4n) is 4.28. The van der Waals surface area contributed by atoms with E-state index in [1.54, 1.807) is 0 Å². The van der Waals surface area contributed by atoms with Crippen LogP contribution in [0.5, 0.6) is 0 Å². The maximum atomic E-state index is 9.23. The highest BCUT2D eigenvalue weighted by Crippen LogP contribution is 2.48. The third kappa shape index (κ3) is 2.93. The van der Waals surface area contributed by atoms with Crippen LogP contribution in [-0.4, -0.2) is 21.4 Å². The maximum absolute atomic E-state index is 9.23. The van der Waals surface area contributed by atoms with Gasteiger partial charge in [0.15, 0.2) is 0 Å². The minimum absolute atomic E-state index is 0.371. The van der Waals surface area contributed by atoms with Crippen molar-refractivity contribution in [1.82, 2.24) is 3.11 Å². The van der Waals surface area contributed by atoms with Gasteiger partial charge in [-0.05, 0) is 43.9 Å². The summed E-state index contributed by atoms with van der Waals surface area (Å²) in [6.07, 6.45) is 18.7. The lowest BCUT2D eigenvalue weighted by atomic mass is 9.75. The molecule has 116 valence electrons. The van der Waals surface area contributed by atoms with E-state index in [4.69, 9.17) is 5.41 Å². The van der Waals surface area contributed by atoms with Crippen molar-refractivity contribution in [3.63, 3.8) is 0 Å². The molecule has 4 heteroatoms. The molecule has 0 radical (unpaired) electrons. The number of nitriles is 1. The number of fused-ring (bicyclic) bond motifs is 1. The van der Waals surface area contributed by atoms with Crippen LogP contribution in [-0.2, 0) is 0 Å². The Hall–Kier alpha value is -0.930. The normalized spacial score (nSPS) is 38.5. The van der Waals surface area contributed by atoms with Gasteiger partial charge in [-0.1, -0.05) is 30.4 Å². The van der Waals surface area contributed by atoms with E-state index in [-0.39, 0.29) is 0 Å². The van der Waals surface area contributed by atoms with Crippen LogP contribution in [0.2, 0.25) is 0 Å². The van der Waals surface area contributed by atoms with Crippen LogP contribution in [0.3, 0.4) is 0 Å². The Morgan fingerprint density at radius 2 is 2.09 bits per heavy atom.